The summed E-state index contributed by atoms with van der Waals surface area (Å²) in [5, 5.41) is 13.8. The van der Waals surface area contributed by atoms with Crippen molar-refractivity contribution in [1.82, 2.24) is 10.6 Å². The second-order valence-electron chi connectivity index (χ2n) is 7.58. The normalized spacial score (nSPS) is 13.2. The predicted octanol–water partition coefficient (Wildman–Crippen LogP) is 2.02. The number of Topliss-reactive ketones (excluding diaryl/α,β-unsaturated/α-hetero) is 1. The zero-order chi connectivity index (χ0) is 23.6. The Morgan fingerprint density at radius 1 is 1.06 bits per heavy atom. The summed E-state index contributed by atoms with van der Waals surface area (Å²) in [6.45, 7) is 5.36. The fourth-order valence-corrected chi connectivity index (χ4v) is 2.87. The Morgan fingerprint density at radius 3 is 2.19 bits per heavy atom. The van der Waals surface area contributed by atoms with Gasteiger partial charge in [0, 0.05) is 13.3 Å². The molecule has 0 aromatic heterocycles. The lowest BCUT2D eigenvalue weighted by molar-refractivity contribution is -0.140. The highest BCUT2D eigenvalue weighted by Crippen LogP contribution is 2.36. The zero-order valence-electron chi connectivity index (χ0n) is 18.0. The fraction of sp³-hybridized carbons (Fsp3) is 0.500. The van der Waals surface area contributed by atoms with Gasteiger partial charge in [0.1, 0.15) is 25.3 Å². The van der Waals surface area contributed by atoms with Crippen LogP contribution in [0.25, 0.3) is 0 Å². The summed E-state index contributed by atoms with van der Waals surface area (Å²) < 4.78 is 21.7. The Bertz CT molecular complexity index is 822. The van der Waals surface area contributed by atoms with E-state index in [1.165, 1.54) is 13.3 Å². The SMILES string of the molecule is CC(C)[C@@H](NC(=O)OCc1ccccc1)C(=O)N[C@@H](CC(=O)O)C(=O)COP(C)(C)=O. The summed E-state index contributed by atoms with van der Waals surface area (Å²) in [6, 6.07) is 6.48. The monoisotopic (exact) mass is 456 g/mol. The smallest absolute Gasteiger partial charge is 0.408 e. The average molecular weight is 456 g/mol. The molecule has 3 N–H and O–H groups in total. The van der Waals surface area contributed by atoms with Gasteiger partial charge in [-0.15, -0.1) is 0 Å². The van der Waals surface area contributed by atoms with E-state index in [1.807, 2.05) is 6.07 Å². The summed E-state index contributed by atoms with van der Waals surface area (Å²) in [7, 11) is -2.97. The first-order valence-electron chi connectivity index (χ1n) is 9.60. The van der Waals surface area contributed by atoms with Gasteiger partial charge in [0.2, 0.25) is 5.91 Å². The van der Waals surface area contributed by atoms with Crippen LogP contribution in [0.2, 0.25) is 0 Å². The number of nitrogens with one attached hydrogen (secondary N) is 2. The third-order valence-corrected chi connectivity index (χ3v) is 4.79. The number of amides is 2. The molecule has 172 valence electrons. The summed E-state index contributed by atoms with van der Waals surface area (Å²) >= 11 is 0. The Morgan fingerprint density at radius 2 is 1.68 bits per heavy atom. The van der Waals surface area contributed by atoms with Crippen molar-refractivity contribution < 1.29 is 38.1 Å². The lowest BCUT2D eigenvalue weighted by Crippen LogP contribution is -2.54. The highest BCUT2D eigenvalue weighted by Gasteiger charge is 2.31. The minimum atomic E-state index is -2.97. The molecule has 11 heteroatoms. The van der Waals surface area contributed by atoms with Gasteiger partial charge in [-0.2, -0.15) is 0 Å². The molecule has 2 amide bonds. The molecule has 0 spiro atoms. The minimum Gasteiger partial charge on any atom is -0.481 e. The second-order valence-corrected chi connectivity index (χ2v) is 10.3. The molecule has 0 heterocycles. The maximum Gasteiger partial charge on any atom is 0.408 e. The van der Waals surface area contributed by atoms with Crippen LogP contribution < -0.4 is 10.6 Å². The Balaban J connectivity index is 2.76. The van der Waals surface area contributed by atoms with Gasteiger partial charge in [-0.1, -0.05) is 44.2 Å². The number of carboxylic acids is 1. The maximum atomic E-state index is 12.7. The standard InChI is InChI=1S/C20H29N2O8P/c1-13(2)18(22-20(27)29-11-14-8-6-5-7-9-14)19(26)21-15(10-17(24)25)16(23)12-30-31(3,4)28/h5-9,13,15,18H,10-12H2,1-4H3,(H,21,26)(H,22,27)(H,24,25)/t15-,18+/m0/s1. The number of ketones is 1. The summed E-state index contributed by atoms with van der Waals surface area (Å²) in [6.07, 6.45) is -1.52. The number of aliphatic carboxylic acids is 1. The number of carboxylic acid groups (broad SMARTS) is 1. The van der Waals surface area contributed by atoms with E-state index >= 15 is 0 Å². The van der Waals surface area contributed by atoms with Crippen LogP contribution in [-0.2, 0) is 34.8 Å². The van der Waals surface area contributed by atoms with Gasteiger partial charge in [-0.25, -0.2) is 4.79 Å². The molecule has 1 rings (SSSR count). The first-order valence-corrected chi connectivity index (χ1v) is 12.1. The molecule has 31 heavy (non-hydrogen) atoms. The third kappa shape index (κ3) is 10.8. The molecule has 1 aromatic carbocycles. The molecule has 1 aromatic rings. The van der Waals surface area contributed by atoms with Gasteiger partial charge >= 0.3 is 12.1 Å². The molecule has 0 bridgehead atoms. The van der Waals surface area contributed by atoms with Crippen molar-refractivity contribution in [3.8, 4) is 0 Å². The molecular formula is C20H29N2O8P. The molecule has 0 radical (unpaired) electrons. The third-order valence-electron chi connectivity index (χ3n) is 4.04. The lowest BCUT2D eigenvalue weighted by atomic mass is 10.0. The molecule has 0 saturated carbocycles. The van der Waals surface area contributed by atoms with E-state index in [2.05, 4.69) is 10.6 Å². The van der Waals surface area contributed by atoms with E-state index < -0.39 is 56.2 Å². The predicted molar refractivity (Wildman–Crippen MR) is 113 cm³/mol. The van der Waals surface area contributed by atoms with Gasteiger partial charge < -0.3 is 25.0 Å². The van der Waals surface area contributed by atoms with Crippen LogP contribution in [0, 0.1) is 5.92 Å². The molecule has 0 saturated heterocycles. The number of hydrogen-bond acceptors (Lipinski definition) is 7. The van der Waals surface area contributed by atoms with Crippen molar-refractivity contribution in [2.24, 2.45) is 5.92 Å². The van der Waals surface area contributed by atoms with Crippen LogP contribution in [0.5, 0.6) is 0 Å². The van der Waals surface area contributed by atoms with Crippen LogP contribution in [0.1, 0.15) is 25.8 Å². The van der Waals surface area contributed by atoms with Crippen molar-refractivity contribution >= 4 is 31.1 Å². The number of alkyl carbamates (subject to hydrolysis) is 1. The van der Waals surface area contributed by atoms with Crippen LogP contribution in [0.3, 0.4) is 0 Å². The van der Waals surface area contributed by atoms with Gasteiger partial charge in [-0.3, -0.25) is 18.9 Å². The Kier molecular flexibility index (Phi) is 10.4. The van der Waals surface area contributed by atoms with Crippen LogP contribution in [-0.4, -0.2) is 60.9 Å². The zero-order valence-corrected chi connectivity index (χ0v) is 18.9. The highest BCUT2D eigenvalue weighted by atomic mass is 31.2. The van der Waals surface area contributed by atoms with Crippen molar-refractivity contribution in [1.29, 1.82) is 0 Å². The van der Waals surface area contributed by atoms with E-state index in [0.717, 1.165) is 5.56 Å². The molecular weight excluding hydrogens is 427 g/mol. The van der Waals surface area contributed by atoms with Gasteiger partial charge in [0.05, 0.1) is 6.42 Å². The highest BCUT2D eigenvalue weighted by molar-refractivity contribution is 7.57. The molecule has 0 fully saturated rings. The first kappa shape index (κ1) is 26.3. The average Bonchev–Trinajstić information content (AvgIpc) is 2.67. The van der Waals surface area contributed by atoms with Crippen molar-refractivity contribution in [2.45, 2.75) is 39.0 Å². The number of rotatable bonds is 12. The van der Waals surface area contributed by atoms with E-state index in [0.29, 0.717) is 0 Å². The van der Waals surface area contributed by atoms with E-state index in [1.54, 1.807) is 38.1 Å². The minimum absolute atomic E-state index is 0.00463. The maximum absolute atomic E-state index is 12.7. The first-order chi connectivity index (χ1) is 14.4. The second kappa shape index (κ2) is 12.2. The summed E-state index contributed by atoms with van der Waals surface area (Å²) in [4.78, 5) is 48.2. The number of carbonyl (C=O) groups is 4. The summed E-state index contributed by atoms with van der Waals surface area (Å²) in [5.41, 5.74) is 0.763. The number of carbonyl (C=O) groups excluding carboxylic acids is 3. The fourth-order valence-electron chi connectivity index (χ4n) is 2.43. The van der Waals surface area contributed by atoms with Crippen LogP contribution >= 0.6 is 7.37 Å². The van der Waals surface area contributed by atoms with E-state index in [-0.39, 0.29) is 12.5 Å². The lowest BCUT2D eigenvalue weighted by Gasteiger charge is -2.24. The van der Waals surface area contributed by atoms with Crippen molar-refractivity contribution in [2.75, 3.05) is 19.9 Å². The quantitative estimate of drug-likeness (QED) is 0.405. The van der Waals surface area contributed by atoms with Gasteiger partial charge in [-0.05, 0) is 11.5 Å². The Labute approximate surface area is 181 Å². The molecule has 10 nitrogen and oxygen atoms in total. The number of hydrogen-bond donors (Lipinski definition) is 3. The van der Waals surface area contributed by atoms with Crippen molar-refractivity contribution in [3.63, 3.8) is 0 Å². The number of ether oxygens (including phenoxy) is 1. The molecule has 0 aliphatic carbocycles. The van der Waals surface area contributed by atoms with Gasteiger partial charge in [0.25, 0.3) is 0 Å². The topological polar surface area (TPSA) is 148 Å². The molecule has 0 unspecified atom stereocenters. The van der Waals surface area contributed by atoms with Crippen molar-refractivity contribution in [3.05, 3.63) is 35.9 Å². The largest absolute Gasteiger partial charge is 0.481 e. The van der Waals surface area contributed by atoms with Gasteiger partial charge in [0.15, 0.2) is 13.2 Å². The number of benzene rings is 1. The molecule has 0 aliphatic heterocycles. The molecule has 2 atom stereocenters. The Hall–Kier alpha value is -2.71. The van der Waals surface area contributed by atoms with E-state index in [9.17, 15) is 23.7 Å². The van der Waals surface area contributed by atoms with Crippen LogP contribution in [0.4, 0.5) is 4.79 Å². The van der Waals surface area contributed by atoms with Crippen LogP contribution in [0.15, 0.2) is 30.3 Å². The summed E-state index contributed by atoms with van der Waals surface area (Å²) in [5.74, 6) is -3.19. The van der Waals surface area contributed by atoms with E-state index in [4.69, 9.17) is 14.4 Å². The molecule has 0 aliphatic rings.